The number of aryl methyl sites for hydroxylation is 1. The van der Waals surface area contributed by atoms with E-state index in [-0.39, 0.29) is 0 Å². The maximum Gasteiger partial charge on any atom is 0.338 e. The fraction of sp³-hybridized carbons (Fsp3) is 0.250. The predicted octanol–water partition coefficient (Wildman–Crippen LogP) is 2.49. The number of benzene rings is 1. The average molecular weight is 206 g/mol. The van der Waals surface area contributed by atoms with Crippen LogP contribution in [-0.4, -0.2) is 13.1 Å². The molecular weight excluding hydrogens is 192 g/mol. The summed E-state index contributed by atoms with van der Waals surface area (Å²) in [6, 6.07) is 5.36. The molecule has 0 radical (unpaired) electrons. The molecule has 0 atom stereocenters. The molecule has 0 aromatic heterocycles. The van der Waals surface area contributed by atoms with Crippen molar-refractivity contribution >= 4 is 5.97 Å². The van der Waals surface area contributed by atoms with E-state index in [1.807, 2.05) is 13.0 Å². The van der Waals surface area contributed by atoms with Crippen LogP contribution in [0.3, 0.4) is 0 Å². The minimum Gasteiger partial charge on any atom is -0.493 e. The van der Waals surface area contributed by atoms with E-state index in [4.69, 9.17) is 9.47 Å². The van der Waals surface area contributed by atoms with Crippen LogP contribution in [0.1, 0.15) is 12.5 Å². The van der Waals surface area contributed by atoms with Crippen LogP contribution in [0.2, 0.25) is 0 Å². The van der Waals surface area contributed by atoms with Crippen LogP contribution >= 0.6 is 0 Å². The van der Waals surface area contributed by atoms with E-state index in [1.165, 1.54) is 7.11 Å². The Morgan fingerprint density at radius 3 is 2.53 bits per heavy atom. The van der Waals surface area contributed by atoms with E-state index >= 15 is 0 Å². The molecule has 1 aromatic rings. The molecule has 0 bridgehead atoms. The molecule has 0 heterocycles. The first kappa shape index (κ1) is 11.3. The van der Waals surface area contributed by atoms with Crippen molar-refractivity contribution in [1.82, 2.24) is 0 Å². The highest BCUT2D eigenvalue weighted by molar-refractivity contribution is 5.89. The van der Waals surface area contributed by atoms with E-state index in [0.29, 0.717) is 17.1 Å². The SMILES string of the molecule is C=C(C)C(=O)Oc1ccc(C)cc1OC. The summed E-state index contributed by atoms with van der Waals surface area (Å²) < 4.78 is 10.2. The van der Waals surface area contributed by atoms with Gasteiger partial charge in [-0.15, -0.1) is 0 Å². The Labute approximate surface area is 89.3 Å². The molecule has 0 saturated heterocycles. The molecule has 0 N–H and O–H groups in total. The zero-order valence-electron chi connectivity index (χ0n) is 9.16. The summed E-state index contributed by atoms with van der Waals surface area (Å²) in [4.78, 5) is 11.3. The number of carbonyl (C=O) groups excluding carboxylic acids is 1. The van der Waals surface area contributed by atoms with Crippen molar-refractivity contribution in [3.05, 3.63) is 35.9 Å². The second-order valence-electron chi connectivity index (χ2n) is 3.32. The molecule has 1 rings (SSSR count). The summed E-state index contributed by atoms with van der Waals surface area (Å²) in [5.41, 5.74) is 1.40. The summed E-state index contributed by atoms with van der Waals surface area (Å²) in [6.07, 6.45) is 0. The summed E-state index contributed by atoms with van der Waals surface area (Å²) >= 11 is 0. The molecule has 0 fully saturated rings. The first-order valence-corrected chi connectivity index (χ1v) is 4.57. The molecule has 0 spiro atoms. The van der Waals surface area contributed by atoms with Crippen LogP contribution in [0, 0.1) is 6.92 Å². The Bertz CT molecular complexity index is 394. The van der Waals surface area contributed by atoms with Gasteiger partial charge in [0.05, 0.1) is 7.11 Å². The number of hydrogen-bond acceptors (Lipinski definition) is 3. The van der Waals surface area contributed by atoms with Gasteiger partial charge in [0.15, 0.2) is 11.5 Å². The van der Waals surface area contributed by atoms with Crippen molar-refractivity contribution in [1.29, 1.82) is 0 Å². The molecule has 0 saturated carbocycles. The molecule has 1 aromatic carbocycles. The van der Waals surface area contributed by atoms with E-state index in [2.05, 4.69) is 6.58 Å². The van der Waals surface area contributed by atoms with Crippen LogP contribution in [0.15, 0.2) is 30.4 Å². The van der Waals surface area contributed by atoms with Crippen molar-refractivity contribution in [2.75, 3.05) is 7.11 Å². The van der Waals surface area contributed by atoms with Gasteiger partial charge in [-0.25, -0.2) is 4.79 Å². The number of ether oxygens (including phenoxy) is 2. The molecule has 0 amide bonds. The highest BCUT2D eigenvalue weighted by Gasteiger charge is 2.10. The molecule has 0 aliphatic carbocycles. The van der Waals surface area contributed by atoms with E-state index in [0.717, 1.165) is 5.56 Å². The molecule has 0 unspecified atom stereocenters. The zero-order chi connectivity index (χ0) is 11.4. The fourth-order valence-corrected chi connectivity index (χ4v) is 1.05. The Kier molecular flexibility index (Phi) is 3.50. The van der Waals surface area contributed by atoms with Gasteiger partial charge in [-0.2, -0.15) is 0 Å². The van der Waals surface area contributed by atoms with Gasteiger partial charge in [0.2, 0.25) is 0 Å². The van der Waals surface area contributed by atoms with Crippen LogP contribution in [0.4, 0.5) is 0 Å². The molecule has 15 heavy (non-hydrogen) atoms. The number of hydrogen-bond donors (Lipinski definition) is 0. The van der Waals surface area contributed by atoms with Crippen molar-refractivity contribution in [3.8, 4) is 11.5 Å². The molecule has 3 heteroatoms. The first-order chi connectivity index (χ1) is 7.04. The third kappa shape index (κ3) is 2.84. The van der Waals surface area contributed by atoms with Gasteiger partial charge in [-0.05, 0) is 31.5 Å². The largest absolute Gasteiger partial charge is 0.493 e. The number of rotatable bonds is 3. The minimum absolute atomic E-state index is 0.359. The monoisotopic (exact) mass is 206 g/mol. The van der Waals surface area contributed by atoms with Crippen molar-refractivity contribution in [2.24, 2.45) is 0 Å². The van der Waals surface area contributed by atoms with Gasteiger partial charge >= 0.3 is 5.97 Å². The molecule has 0 aliphatic rings. The summed E-state index contributed by atoms with van der Waals surface area (Å²) in [6.45, 7) is 7.05. The Morgan fingerprint density at radius 2 is 2.00 bits per heavy atom. The van der Waals surface area contributed by atoms with Crippen molar-refractivity contribution < 1.29 is 14.3 Å². The standard InChI is InChI=1S/C12H14O3/c1-8(2)12(13)15-10-6-5-9(3)7-11(10)14-4/h5-7H,1H2,2-4H3. The first-order valence-electron chi connectivity index (χ1n) is 4.57. The van der Waals surface area contributed by atoms with Crippen LogP contribution in [0.25, 0.3) is 0 Å². The van der Waals surface area contributed by atoms with Crippen LogP contribution in [0.5, 0.6) is 11.5 Å². The lowest BCUT2D eigenvalue weighted by Crippen LogP contribution is -2.09. The third-order valence-electron chi connectivity index (χ3n) is 1.87. The number of esters is 1. The predicted molar refractivity (Wildman–Crippen MR) is 58.2 cm³/mol. The summed E-state index contributed by atoms with van der Waals surface area (Å²) in [5.74, 6) is 0.512. The second-order valence-corrected chi connectivity index (χ2v) is 3.32. The van der Waals surface area contributed by atoms with E-state index < -0.39 is 5.97 Å². The lowest BCUT2D eigenvalue weighted by Gasteiger charge is -2.09. The zero-order valence-corrected chi connectivity index (χ0v) is 9.16. The van der Waals surface area contributed by atoms with E-state index in [1.54, 1.807) is 19.1 Å². The van der Waals surface area contributed by atoms with Crippen molar-refractivity contribution in [2.45, 2.75) is 13.8 Å². The van der Waals surface area contributed by atoms with Gasteiger partial charge in [0.1, 0.15) is 0 Å². The summed E-state index contributed by atoms with van der Waals surface area (Å²) in [5, 5.41) is 0. The lowest BCUT2D eigenvalue weighted by molar-refractivity contribution is -0.130. The number of carbonyl (C=O) groups is 1. The average Bonchev–Trinajstić information content (AvgIpc) is 2.20. The number of methoxy groups -OCH3 is 1. The lowest BCUT2D eigenvalue weighted by atomic mass is 10.2. The minimum atomic E-state index is -0.447. The van der Waals surface area contributed by atoms with E-state index in [9.17, 15) is 4.79 Å². The maximum absolute atomic E-state index is 11.3. The fourth-order valence-electron chi connectivity index (χ4n) is 1.05. The second kappa shape index (κ2) is 4.64. The smallest absolute Gasteiger partial charge is 0.338 e. The normalized spacial score (nSPS) is 9.53. The molecule has 3 nitrogen and oxygen atoms in total. The molecule has 80 valence electrons. The Balaban J connectivity index is 2.94. The third-order valence-corrected chi connectivity index (χ3v) is 1.87. The highest BCUT2D eigenvalue weighted by Crippen LogP contribution is 2.28. The van der Waals surface area contributed by atoms with Crippen LogP contribution in [-0.2, 0) is 4.79 Å². The quantitative estimate of drug-likeness (QED) is 0.433. The van der Waals surface area contributed by atoms with Gasteiger partial charge < -0.3 is 9.47 Å². The van der Waals surface area contributed by atoms with Gasteiger partial charge in [-0.1, -0.05) is 12.6 Å². The summed E-state index contributed by atoms with van der Waals surface area (Å²) in [7, 11) is 1.53. The van der Waals surface area contributed by atoms with Crippen molar-refractivity contribution in [3.63, 3.8) is 0 Å². The van der Waals surface area contributed by atoms with Gasteiger partial charge in [0, 0.05) is 5.57 Å². The topological polar surface area (TPSA) is 35.5 Å². The maximum atomic E-state index is 11.3. The molecular formula is C12H14O3. The molecule has 0 aliphatic heterocycles. The van der Waals surface area contributed by atoms with Crippen LogP contribution < -0.4 is 9.47 Å². The highest BCUT2D eigenvalue weighted by atomic mass is 16.6. The Hall–Kier alpha value is -1.77. The van der Waals surface area contributed by atoms with Gasteiger partial charge in [0.25, 0.3) is 0 Å². The Morgan fingerprint density at radius 1 is 1.33 bits per heavy atom. The van der Waals surface area contributed by atoms with Gasteiger partial charge in [-0.3, -0.25) is 0 Å².